The van der Waals surface area contributed by atoms with Crippen molar-refractivity contribution in [3.05, 3.63) is 34.7 Å². The number of alkyl halides is 1. The fourth-order valence-corrected chi connectivity index (χ4v) is 1.78. The zero-order valence-electron chi connectivity index (χ0n) is 11.1. The first kappa shape index (κ1) is 16.0. The lowest BCUT2D eigenvalue weighted by molar-refractivity contribution is -0.139. The molecule has 0 bridgehead atoms. The van der Waals surface area contributed by atoms with Crippen LogP contribution in [0, 0.1) is 0 Å². The van der Waals surface area contributed by atoms with Gasteiger partial charge in [0, 0.05) is 24.8 Å². The van der Waals surface area contributed by atoms with Gasteiger partial charge in [-0.15, -0.1) is 0 Å². The second kappa shape index (κ2) is 7.54. The molecule has 0 spiro atoms. The number of carboxylic acids is 1. The molecular formula is C13H17FN2O4. The molecule has 2 atom stereocenters. The lowest BCUT2D eigenvalue weighted by Crippen LogP contribution is -2.42. The summed E-state index contributed by atoms with van der Waals surface area (Å²) in [6.45, 7) is 0.713. The summed E-state index contributed by atoms with van der Waals surface area (Å²) in [7, 11) is 0. The smallest absolute Gasteiger partial charge is 0.305 e. The molecule has 1 aromatic heterocycles. The maximum Gasteiger partial charge on any atom is 0.305 e. The Morgan fingerprint density at radius 3 is 2.70 bits per heavy atom. The molecule has 1 unspecified atom stereocenters. The van der Waals surface area contributed by atoms with Crippen molar-refractivity contribution in [1.29, 1.82) is 0 Å². The Bertz CT molecular complexity index is 529. The number of halogens is 1. The van der Waals surface area contributed by atoms with E-state index in [9.17, 15) is 18.8 Å². The van der Waals surface area contributed by atoms with Crippen LogP contribution in [0.1, 0.15) is 19.4 Å². The zero-order chi connectivity index (χ0) is 15.1. The molecule has 110 valence electrons. The summed E-state index contributed by atoms with van der Waals surface area (Å²) in [6, 6.07) is 3.34. The molecule has 1 rings (SSSR count). The van der Waals surface area contributed by atoms with E-state index in [-0.39, 0.29) is 18.1 Å². The molecular weight excluding hydrogens is 267 g/mol. The van der Waals surface area contributed by atoms with Gasteiger partial charge < -0.3 is 15.0 Å². The molecule has 0 saturated carbocycles. The third-order valence-corrected chi connectivity index (χ3v) is 2.88. The first-order chi connectivity index (χ1) is 9.45. The van der Waals surface area contributed by atoms with Gasteiger partial charge in [0.05, 0.1) is 12.5 Å². The normalized spacial score (nSPS) is 13.7. The third-order valence-electron chi connectivity index (χ3n) is 2.88. The largest absolute Gasteiger partial charge is 0.481 e. The highest BCUT2D eigenvalue weighted by Crippen LogP contribution is 2.02. The number of Topliss-reactive ketones (excluding diaryl/α,β-unsaturated/α-hetero) is 1. The molecule has 7 heteroatoms. The number of carboxylic acid groups (broad SMARTS) is 1. The zero-order valence-corrected chi connectivity index (χ0v) is 11.1. The molecule has 0 aliphatic carbocycles. The van der Waals surface area contributed by atoms with Gasteiger partial charge in [-0.1, -0.05) is 6.07 Å². The quantitative estimate of drug-likeness (QED) is 0.720. The number of rotatable bonds is 8. The lowest BCUT2D eigenvalue weighted by atomic mass is 10.1. The summed E-state index contributed by atoms with van der Waals surface area (Å²) in [6.07, 6.45) is 1.11. The Labute approximate surface area is 115 Å². The Balaban J connectivity index is 2.67. The number of hydrogen-bond acceptors (Lipinski definition) is 4. The van der Waals surface area contributed by atoms with Crippen molar-refractivity contribution in [2.45, 2.75) is 25.4 Å². The number of nitrogens with one attached hydrogen (secondary N) is 1. The van der Waals surface area contributed by atoms with Gasteiger partial charge in [-0.25, -0.2) is 4.39 Å². The van der Waals surface area contributed by atoms with E-state index in [1.165, 1.54) is 10.6 Å². The number of nitrogens with zero attached hydrogens (tertiary/aromatic N) is 1. The van der Waals surface area contributed by atoms with Gasteiger partial charge in [-0.2, -0.15) is 0 Å². The SMILES string of the molecule is C[C@@H](CNC(CC(=O)O)C(=O)CF)n1ccccc1=O. The van der Waals surface area contributed by atoms with Gasteiger partial charge >= 0.3 is 5.97 Å². The fraction of sp³-hybridized carbons (Fsp3) is 0.462. The lowest BCUT2D eigenvalue weighted by Gasteiger charge is -2.19. The first-order valence-corrected chi connectivity index (χ1v) is 6.16. The van der Waals surface area contributed by atoms with Gasteiger partial charge in [0.1, 0.15) is 6.67 Å². The second-order valence-electron chi connectivity index (χ2n) is 4.45. The summed E-state index contributed by atoms with van der Waals surface area (Å²) in [5.41, 5.74) is -0.201. The Kier molecular flexibility index (Phi) is 6.05. The van der Waals surface area contributed by atoms with E-state index in [1.807, 2.05) is 0 Å². The molecule has 0 amide bonds. The number of ketones is 1. The van der Waals surface area contributed by atoms with E-state index in [0.29, 0.717) is 0 Å². The molecule has 1 aromatic rings. The van der Waals surface area contributed by atoms with Crippen molar-refractivity contribution < 1.29 is 19.1 Å². The van der Waals surface area contributed by atoms with E-state index < -0.39 is 30.9 Å². The van der Waals surface area contributed by atoms with E-state index in [4.69, 9.17) is 5.11 Å². The van der Waals surface area contributed by atoms with Crippen molar-refractivity contribution in [2.24, 2.45) is 0 Å². The van der Waals surface area contributed by atoms with Gasteiger partial charge in [0.15, 0.2) is 5.78 Å². The van der Waals surface area contributed by atoms with Crippen molar-refractivity contribution in [3.8, 4) is 0 Å². The molecule has 0 aromatic carbocycles. The highest BCUT2D eigenvalue weighted by atomic mass is 19.1. The van der Waals surface area contributed by atoms with Crippen LogP contribution >= 0.6 is 0 Å². The molecule has 20 heavy (non-hydrogen) atoms. The molecule has 6 nitrogen and oxygen atoms in total. The average molecular weight is 284 g/mol. The minimum Gasteiger partial charge on any atom is -0.481 e. The molecule has 0 aliphatic rings. The highest BCUT2D eigenvalue weighted by Gasteiger charge is 2.21. The maximum atomic E-state index is 12.4. The Morgan fingerprint density at radius 2 is 2.15 bits per heavy atom. The molecule has 2 N–H and O–H groups in total. The molecule has 0 radical (unpaired) electrons. The van der Waals surface area contributed by atoms with Gasteiger partial charge in [-0.3, -0.25) is 14.4 Å². The Morgan fingerprint density at radius 1 is 1.45 bits per heavy atom. The summed E-state index contributed by atoms with van der Waals surface area (Å²) in [4.78, 5) is 33.5. The van der Waals surface area contributed by atoms with Crippen LogP contribution in [0.15, 0.2) is 29.2 Å². The van der Waals surface area contributed by atoms with Gasteiger partial charge in [0.25, 0.3) is 5.56 Å². The minimum atomic E-state index is -1.22. The highest BCUT2D eigenvalue weighted by molar-refractivity contribution is 5.88. The van der Waals surface area contributed by atoms with Crippen LogP contribution in [-0.4, -0.2) is 40.7 Å². The molecule has 0 fully saturated rings. The number of carbonyl (C=O) groups is 2. The number of aliphatic carboxylic acids is 1. The summed E-state index contributed by atoms with van der Waals surface area (Å²) in [5, 5.41) is 11.4. The van der Waals surface area contributed by atoms with Crippen molar-refractivity contribution in [2.75, 3.05) is 13.2 Å². The topological polar surface area (TPSA) is 88.4 Å². The monoisotopic (exact) mass is 284 g/mol. The number of hydrogen-bond donors (Lipinski definition) is 2. The van der Waals surface area contributed by atoms with E-state index >= 15 is 0 Å². The number of aromatic nitrogens is 1. The Hall–Kier alpha value is -2.02. The summed E-state index contributed by atoms with van der Waals surface area (Å²) >= 11 is 0. The van der Waals surface area contributed by atoms with E-state index in [0.717, 1.165) is 0 Å². The standard InChI is InChI=1S/C13H17FN2O4/c1-9(16-5-3-2-4-12(16)18)8-15-10(6-13(19)20)11(17)7-14/h2-5,9-10,15H,6-8H2,1H3,(H,19,20)/t9-,10?/m0/s1. The predicted octanol–water partition coefficient (Wildman–Crippen LogP) is 0.381. The van der Waals surface area contributed by atoms with Crippen LogP contribution in [0.4, 0.5) is 4.39 Å². The van der Waals surface area contributed by atoms with E-state index in [1.54, 1.807) is 25.3 Å². The molecule has 0 aliphatic heterocycles. The molecule has 1 heterocycles. The van der Waals surface area contributed by atoms with Crippen molar-refractivity contribution in [1.82, 2.24) is 9.88 Å². The predicted molar refractivity (Wildman–Crippen MR) is 70.4 cm³/mol. The van der Waals surface area contributed by atoms with Crippen LogP contribution in [0.25, 0.3) is 0 Å². The van der Waals surface area contributed by atoms with Crippen LogP contribution in [0.3, 0.4) is 0 Å². The maximum absolute atomic E-state index is 12.4. The van der Waals surface area contributed by atoms with Crippen LogP contribution in [-0.2, 0) is 9.59 Å². The van der Waals surface area contributed by atoms with Crippen molar-refractivity contribution in [3.63, 3.8) is 0 Å². The number of pyridine rings is 1. The van der Waals surface area contributed by atoms with Crippen LogP contribution in [0.5, 0.6) is 0 Å². The summed E-state index contributed by atoms with van der Waals surface area (Å²) < 4.78 is 13.8. The van der Waals surface area contributed by atoms with Crippen LogP contribution < -0.4 is 10.9 Å². The average Bonchev–Trinajstić information content (AvgIpc) is 2.42. The second-order valence-corrected chi connectivity index (χ2v) is 4.45. The summed E-state index contributed by atoms with van der Waals surface area (Å²) in [5.74, 6) is -1.99. The minimum absolute atomic E-state index is 0.188. The third kappa shape index (κ3) is 4.58. The number of carbonyl (C=O) groups excluding carboxylic acids is 1. The molecule has 0 saturated heterocycles. The van der Waals surface area contributed by atoms with Gasteiger partial charge in [0.2, 0.25) is 0 Å². The van der Waals surface area contributed by atoms with Gasteiger partial charge in [-0.05, 0) is 13.0 Å². The van der Waals surface area contributed by atoms with E-state index in [2.05, 4.69) is 5.32 Å². The van der Waals surface area contributed by atoms with Crippen molar-refractivity contribution >= 4 is 11.8 Å². The van der Waals surface area contributed by atoms with Crippen LogP contribution in [0.2, 0.25) is 0 Å². The fourth-order valence-electron chi connectivity index (χ4n) is 1.78. The first-order valence-electron chi connectivity index (χ1n) is 6.16.